The second-order valence-corrected chi connectivity index (χ2v) is 5.47. The van der Waals surface area contributed by atoms with Gasteiger partial charge >= 0.3 is 0 Å². The molecule has 1 heterocycles. The summed E-state index contributed by atoms with van der Waals surface area (Å²) in [5.41, 5.74) is 1.80. The first-order valence-electron chi connectivity index (χ1n) is 6.85. The zero-order valence-electron chi connectivity index (χ0n) is 12.1. The summed E-state index contributed by atoms with van der Waals surface area (Å²) in [5, 5.41) is 3.00. The molecule has 0 radical (unpaired) electrons. The van der Waals surface area contributed by atoms with Crippen molar-refractivity contribution in [1.82, 2.24) is 5.32 Å². The van der Waals surface area contributed by atoms with Gasteiger partial charge in [-0.2, -0.15) is 0 Å². The lowest BCUT2D eigenvalue weighted by molar-refractivity contribution is -0.113. The van der Waals surface area contributed by atoms with Gasteiger partial charge < -0.3 is 5.32 Å². The lowest BCUT2D eigenvalue weighted by Gasteiger charge is -2.16. The van der Waals surface area contributed by atoms with Gasteiger partial charge in [-0.15, -0.1) is 0 Å². The van der Waals surface area contributed by atoms with Gasteiger partial charge in [-0.1, -0.05) is 18.2 Å². The third kappa shape index (κ3) is 2.85. The van der Waals surface area contributed by atoms with Crippen molar-refractivity contribution in [3.8, 4) is 0 Å². The van der Waals surface area contributed by atoms with Crippen molar-refractivity contribution in [2.45, 2.75) is 6.92 Å². The van der Waals surface area contributed by atoms with Gasteiger partial charge in [0.15, 0.2) is 5.11 Å². The molecule has 1 saturated heterocycles. The highest BCUT2D eigenvalue weighted by molar-refractivity contribution is 7.80. The molecule has 2 aromatic carbocycles. The van der Waals surface area contributed by atoms with Crippen molar-refractivity contribution in [3.05, 3.63) is 70.9 Å². The van der Waals surface area contributed by atoms with Crippen molar-refractivity contribution < 1.29 is 13.6 Å². The van der Waals surface area contributed by atoms with E-state index < -0.39 is 11.6 Å². The number of carbonyl (C=O) groups excluding carboxylic acids is 1. The molecule has 0 spiro atoms. The highest BCUT2D eigenvalue weighted by Crippen LogP contribution is 2.25. The molecule has 6 heteroatoms. The lowest BCUT2D eigenvalue weighted by atomic mass is 10.1. The molecule has 2 aromatic rings. The molecule has 23 heavy (non-hydrogen) atoms. The molecule has 0 aliphatic carbocycles. The molecule has 0 atom stereocenters. The molecule has 0 unspecified atom stereocenters. The number of para-hydroxylation sites is 1. The average molecular weight is 330 g/mol. The Hall–Kier alpha value is -2.60. The maximum atomic E-state index is 13.7. The average Bonchev–Trinajstić information content (AvgIpc) is 2.77. The largest absolute Gasteiger partial charge is 0.327 e. The van der Waals surface area contributed by atoms with Gasteiger partial charge in [0.05, 0.1) is 5.69 Å². The molecule has 1 aliphatic rings. The molecule has 1 aliphatic heterocycles. The predicted molar refractivity (Wildman–Crippen MR) is 88.7 cm³/mol. The Labute approximate surface area is 137 Å². The fraction of sp³-hybridized carbons (Fsp3) is 0.0588. The summed E-state index contributed by atoms with van der Waals surface area (Å²) in [4.78, 5) is 13.9. The van der Waals surface area contributed by atoms with E-state index in [0.29, 0.717) is 5.69 Å². The Morgan fingerprint density at radius 2 is 1.91 bits per heavy atom. The van der Waals surface area contributed by atoms with Crippen molar-refractivity contribution in [2.24, 2.45) is 0 Å². The number of nitrogens with zero attached hydrogens (tertiary/aromatic N) is 1. The van der Waals surface area contributed by atoms with E-state index in [9.17, 15) is 13.6 Å². The van der Waals surface area contributed by atoms with E-state index in [1.54, 1.807) is 12.1 Å². The van der Waals surface area contributed by atoms with Crippen LogP contribution < -0.4 is 10.2 Å². The maximum Gasteiger partial charge on any atom is 0.281 e. The Morgan fingerprint density at radius 3 is 2.61 bits per heavy atom. The molecule has 3 rings (SSSR count). The molecule has 0 aromatic heterocycles. The Morgan fingerprint density at radius 1 is 1.17 bits per heavy atom. The highest BCUT2D eigenvalue weighted by atomic mass is 32.1. The number of carbonyl (C=O) groups is 1. The fourth-order valence-electron chi connectivity index (χ4n) is 2.34. The van der Waals surface area contributed by atoms with Crippen molar-refractivity contribution in [1.29, 1.82) is 0 Å². The number of rotatable bonds is 2. The van der Waals surface area contributed by atoms with Gasteiger partial charge in [-0.05, 0) is 49.0 Å². The third-order valence-electron chi connectivity index (χ3n) is 3.50. The van der Waals surface area contributed by atoms with Gasteiger partial charge in [-0.25, -0.2) is 8.78 Å². The Balaban J connectivity index is 1.98. The van der Waals surface area contributed by atoms with Crippen LogP contribution in [0.5, 0.6) is 0 Å². The van der Waals surface area contributed by atoms with E-state index in [1.807, 2.05) is 19.1 Å². The SMILES string of the molecule is Cc1ccccc1N1C(=O)/C(=C\c2ccc(F)cc2F)NC1=S. The number of halogens is 2. The molecule has 116 valence electrons. The monoisotopic (exact) mass is 330 g/mol. The van der Waals surface area contributed by atoms with Gasteiger partial charge in [0.25, 0.3) is 5.91 Å². The second kappa shape index (κ2) is 5.89. The molecule has 0 saturated carbocycles. The molecule has 1 N–H and O–H groups in total. The minimum absolute atomic E-state index is 0.108. The number of anilines is 1. The minimum atomic E-state index is -0.743. The first-order chi connectivity index (χ1) is 11.0. The number of thiocarbonyl (C=S) groups is 1. The van der Waals surface area contributed by atoms with E-state index in [1.165, 1.54) is 17.0 Å². The van der Waals surface area contributed by atoms with E-state index in [2.05, 4.69) is 5.32 Å². The summed E-state index contributed by atoms with van der Waals surface area (Å²) in [7, 11) is 0. The summed E-state index contributed by atoms with van der Waals surface area (Å²) in [6.07, 6.45) is 1.32. The molecule has 1 amide bonds. The molecule has 1 fully saturated rings. The van der Waals surface area contributed by atoms with E-state index >= 15 is 0 Å². The summed E-state index contributed by atoms with van der Waals surface area (Å²) in [6, 6.07) is 10.5. The van der Waals surface area contributed by atoms with Crippen LogP contribution in [0.4, 0.5) is 14.5 Å². The zero-order chi connectivity index (χ0) is 16.6. The second-order valence-electron chi connectivity index (χ2n) is 5.08. The normalized spacial score (nSPS) is 16.1. The number of benzene rings is 2. The number of nitrogens with one attached hydrogen (secondary N) is 1. The summed E-state index contributed by atoms with van der Waals surface area (Å²) < 4.78 is 26.7. The van der Waals surface area contributed by atoms with Gasteiger partial charge in [0.2, 0.25) is 0 Å². The van der Waals surface area contributed by atoms with Crippen LogP contribution in [0.25, 0.3) is 6.08 Å². The van der Waals surface area contributed by atoms with Crippen LogP contribution in [0.15, 0.2) is 48.2 Å². The van der Waals surface area contributed by atoms with Crippen LogP contribution in [-0.4, -0.2) is 11.0 Å². The van der Waals surface area contributed by atoms with Crippen LogP contribution in [0.2, 0.25) is 0 Å². The third-order valence-corrected chi connectivity index (χ3v) is 3.78. The van der Waals surface area contributed by atoms with Crippen LogP contribution >= 0.6 is 12.2 Å². The quantitative estimate of drug-likeness (QED) is 0.675. The minimum Gasteiger partial charge on any atom is -0.327 e. The van der Waals surface area contributed by atoms with Gasteiger partial charge in [0, 0.05) is 11.6 Å². The summed E-state index contributed by atoms with van der Waals surface area (Å²) in [5.74, 6) is -1.80. The predicted octanol–water partition coefficient (Wildman–Crippen LogP) is 3.54. The maximum absolute atomic E-state index is 13.7. The van der Waals surface area contributed by atoms with Crippen LogP contribution in [0.3, 0.4) is 0 Å². The molecule has 0 bridgehead atoms. The van der Waals surface area contributed by atoms with Crippen LogP contribution in [-0.2, 0) is 4.79 Å². The van der Waals surface area contributed by atoms with E-state index in [-0.39, 0.29) is 22.3 Å². The first-order valence-corrected chi connectivity index (χ1v) is 7.26. The van der Waals surface area contributed by atoms with Crippen molar-refractivity contribution in [2.75, 3.05) is 4.90 Å². The lowest BCUT2D eigenvalue weighted by Crippen LogP contribution is -2.30. The zero-order valence-corrected chi connectivity index (χ0v) is 13.0. The number of aryl methyl sites for hydroxylation is 1. The summed E-state index contributed by atoms with van der Waals surface area (Å²) >= 11 is 5.21. The van der Waals surface area contributed by atoms with Crippen LogP contribution in [0.1, 0.15) is 11.1 Å². The Bertz CT molecular complexity index is 848. The molecular weight excluding hydrogens is 318 g/mol. The fourth-order valence-corrected chi connectivity index (χ4v) is 2.63. The standard InChI is InChI=1S/C17H12F2N2OS/c1-10-4-2-3-5-15(10)21-16(22)14(20-17(21)23)8-11-6-7-12(18)9-13(11)19/h2-9H,1H3,(H,20,23)/b14-8+. The van der Waals surface area contributed by atoms with Crippen molar-refractivity contribution >= 4 is 35.0 Å². The van der Waals surface area contributed by atoms with Gasteiger partial charge in [-0.3, -0.25) is 9.69 Å². The van der Waals surface area contributed by atoms with E-state index in [4.69, 9.17) is 12.2 Å². The summed E-state index contributed by atoms with van der Waals surface area (Å²) in [6.45, 7) is 1.87. The van der Waals surface area contributed by atoms with Crippen LogP contribution in [0, 0.1) is 18.6 Å². The van der Waals surface area contributed by atoms with E-state index in [0.717, 1.165) is 17.7 Å². The van der Waals surface area contributed by atoms with Crippen molar-refractivity contribution in [3.63, 3.8) is 0 Å². The topological polar surface area (TPSA) is 32.3 Å². The number of hydrogen-bond donors (Lipinski definition) is 1. The number of amides is 1. The smallest absolute Gasteiger partial charge is 0.281 e. The number of hydrogen-bond acceptors (Lipinski definition) is 2. The molecular formula is C17H12F2N2OS. The molecule has 3 nitrogen and oxygen atoms in total. The first kappa shape index (κ1) is 15.3. The Kier molecular flexibility index (Phi) is 3.92. The highest BCUT2D eigenvalue weighted by Gasteiger charge is 2.32. The van der Waals surface area contributed by atoms with Gasteiger partial charge in [0.1, 0.15) is 17.3 Å².